The molecule has 22 heavy (non-hydrogen) atoms. The van der Waals surface area contributed by atoms with Crippen molar-refractivity contribution in [2.45, 2.75) is 12.6 Å². The second-order valence-electron chi connectivity index (χ2n) is 4.38. The first kappa shape index (κ1) is 15.9. The van der Waals surface area contributed by atoms with Crippen molar-refractivity contribution in [2.75, 3.05) is 5.32 Å². The molecule has 1 aromatic heterocycles. The Morgan fingerprint density at radius 3 is 2.73 bits per heavy atom. The number of rotatable bonds is 4. The predicted octanol–water partition coefficient (Wildman–Crippen LogP) is 3.80. The lowest BCUT2D eigenvalue weighted by Gasteiger charge is -2.12. The van der Waals surface area contributed by atoms with Gasteiger partial charge in [0.15, 0.2) is 5.56 Å². The molecule has 4 nitrogen and oxygen atoms in total. The second-order valence-corrected chi connectivity index (χ2v) is 5.20. The van der Waals surface area contributed by atoms with Gasteiger partial charge in [0.2, 0.25) is 0 Å². The molecule has 0 atom stereocenters. The van der Waals surface area contributed by atoms with Gasteiger partial charge in [0.25, 0.3) is 5.56 Å². The van der Waals surface area contributed by atoms with Crippen molar-refractivity contribution in [3.05, 3.63) is 57.9 Å². The Hall–Kier alpha value is -2.53. The summed E-state index contributed by atoms with van der Waals surface area (Å²) in [7, 11) is 0. The predicted molar refractivity (Wildman–Crippen MR) is 78.3 cm³/mol. The number of hydrogen-bond donors (Lipinski definition) is 2. The molecule has 2 rings (SSSR count). The van der Waals surface area contributed by atoms with Crippen molar-refractivity contribution in [2.24, 2.45) is 0 Å². The lowest BCUT2D eigenvalue weighted by molar-refractivity contribution is -0.137. The van der Waals surface area contributed by atoms with E-state index in [2.05, 4.69) is 16.3 Å². The quantitative estimate of drug-likeness (QED) is 0.840. The van der Waals surface area contributed by atoms with Gasteiger partial charge in [0, 0.05) is 5.69 Å². The monoisotopic (exact) mass is 325 g/mol. The average molecular weight is 325 g/mol. The van der Waals surface area contributed by atoms with Gasteiger partial charge >= 0.3 is 6.18 Å². The Bertz CT molecular complexity index is 799. The first-order valence-electron chi connectivity index (χ1n) is 6.06. The van der Waals surface area contributed by atoms with Crippen molar-refractivity contribution in [1.29, 1.82) is 5.26 Å². The molecule has 0 unspecified atom stereocenters. The van der Waals surface area contributed by atoms with Gasteiger partial charge in [0.05, 0.1) is 5.56 Å². The molecule has 0 saturated heterocycles. The molecule has 0 aliphatic heterocycles. The SMILES string of the molecule is C=CCc1cc(Nc2s[nH]c(=O)c2C#N)cc(C(F)(F)F)c1. The van der Waals surface area contributed by atoms with Gasteiger partial charge in [-0.05, 0) is 41.7 Å². The highest BCUT2D eigenvalue weighted by molar-refractivity contribution is 7.10. The summed E-state index contributed by atoms with van der Waals surface area (Å²) in [6.45, 7) is 3.50. The molecule has 0 aliphatic rings. The fourth-order valence-corrected chi connectivity index (χ4v) is 2.54. The molecule has 0 spiro atoms. The number of aromatic amines is 1. The zero-order valence-electron chi connectivity index (χ0n) is 11.1. The number of aromatic nitrogens is 1. The Labute approximate surface area is 127 Å². The standard InChI is InChI=1S/C14H10F3N3OS/c1-2-3-8-4-9(14(15,16)17)6-10(5-8)19-13-11(7-18)12(21)20-22-13/h2,4-6,19H,1,3H2,(H,20,21). The van der Waals surface area contributed by atoms with E-state index < -0.39 is 17.3 Å². The molecule has 1 aromatic carbocycles. The third kappa shape index (κ3) is 3.38. The molecule has 0 bridgehead atoms. The van der Waals surface area contributed by atoms with Gasteiger partial charge < -0.3 is 5.32 Å². The maximum absolute atomic E-state index is 12.9. The van der Waals surface area contributed by atoms with E-state index in [0.29, 0.717) is 5.56 Å². The van der Waals surface area contributed by atoms with Gasteiger partial charge in [-0.15, -0.1) is 6.58 Å². The van der Waals surface area contributed by atoms with Crippen LogP contribution in [0.15, 0.2) is 35.6 Å². The first-order chi connectivity index (χ1) is 10.3. The number of halogens is 3. The van der Waals surface area contributed by atoms with Crippen LogP contribution in [0.3, 0.4) is 0 Å². The fraction of sp³-hybridized carbons (Fsp3) is 0.143. The number of nitrogens with zero attached hydrogens (tertiary/aromatic N) is 1. The van der Waals surface area contributed by atoms with Crippen molar-refractivity contribution in [3.63, 3.8) is 0 Å². The van der Waals surface area contributed by atoms with E-state index in [4.69, 9.17) is 5.26 Å². The summed E-state index contributed by atoms with van der Waals surface area (Å²) in [6, 6.07) is 5.20. The maximum Gasteiger partial charge on any atom is 0.416 e. The molecular formula is C14H10F3N3OS. The summed E-state index contributed by atoms with van der Waals surface area (Å²) in [5.74, 6) is 0. The van der Waals surface area contributed by atoms with E-state index in [9.17, 15) is 18.0 Å². The third-order valence-electron chi connectivity index (χ3n) is 2.77. The van der Waals surface area contributed by atoms with Crippen LogP contribution >= 0.6 is 11.5 Å². The zero-order valence-corrected chi connectivity index (χ0v) is 11.9. The minimum absolute atomic E-state index is 0.151. The van der Waals surface area contributed by atoms with Crippen LogP contribution in [0.4, 0.5) is 23.9 Å². The minimum Gasteiger partial charge on any atom is -0.345 e. The Kier molecular flexibility index (Phi) is 4.37. The lowest BCUT2D eigenvalue weighted by Crippen LogP contribution is -2.07. The van der Waals surface area contributed by atoms with Crippen LogP contribution in [0, 0.1) is 11.3 Å². The molecule has 0 amide bonds. The van der Waals surface area contributed by atoms with Gasteiger partial charge in [0.1, 0.15) is 11.1 Å². The second kappa shape index (κ2) is 6.07. The molecule has 2 N–H and O–H groups in total. The van der Waals surface area contributed by atoms with Crippen molar-refractivity contribution >= 4 is 22.2 Å². The number of nitriles is 1. The first-order valence-corrected chi connectivity index (χ1v) is 6.87. The van der Waals surface area contributed by atoms with E-state index in [0.717, 1.165) is 23.7 Å². The number of alkyl halides is 3. The normalized spacial score (nSPS) is 11.0. The molecule has 0 fully saturated rings. The number of hydrogen-bond acceptors (Lipinski definition) is 4. The number of H-pyrrole nitrogens is 1. The average Bonchev–Trinajstić information content (AvgIpc) is 2.78. The number of anilines is 2. The van der Waals surface area contributed by atoms with Gasteiger partial charge in [-0.3, -0.25) is 9.17 Å². The fourth-order valence-electron chi connectivity index (χ4n) is 1.84. The van der Waals surface area contributed by atoms with Crippen molar-refractivity contribution in [1.82, 2.24) is 4.37 Å². The molecule has 0 aliphatic carbocycles. The summed E-state index contributed by atoms with van der Waals surface area (Å²) >= 11 is 0.856. The van der Waals surface area contributed by atoms with Crippen molar-refractivity contribution < 1.29 is 13.2 Å². The molecule has 8 heteroatoms. The minimum atomic E-state index is -4.49. The summed E-state index contributed by atoms with van der Waals surface area (Å²) in [5.41, 5.74) is -0.969. The van der Waals surface area contributed by atoms with Crippen LogP contribution in [-0.2, 0) is 12.6 Å². The van der Waals surface area contributed by atoms with Crippen LogP contribution in [0.5, 0.6) is 0 Å². The summed E-state index contributed by atoms with van der Waals surface area (Å²) < 4.78 is 41.1. The molecule has 2 aromatic rings. The summed E-state index contributed by atoms with van der Waals surface area (Å²) in [4.78, 5) is 11.4. The van der Waals surface area contributed by atoms with E-state index in [1.54, 1.807) is 6.07 Å². The van der Waals surface area contributed by atoms with Crippen LogP contribution in [0.25, 0.3) is 0 Å². The highest BCUT2D eigenvalue weighted by Crippen LogP contribution is 2.33. The smallest absolute Gasteiger partial charge is 0.345 e. The van der Waals surface area contributed by atoms with Gasteiger partial charge in [-0.2, -0.15) is 18.4 Å². The number of benzene rings is 1. The topological polar surface area (TPSA) is 68.7 Å². The van der Waals surface area contributed by atoms with E-state index in [-0.39, 0.29) is 22.7 Å². The van der Waals surface area contributed by atoms with E-state index in [1.807, 2.05) is 0 Å². The van der Waals surface area contributed by atoms with Crippen LogP contribution in [-0.4, -0.2) is 4.37 Å². The highest BCUT2D eigenvalue weighted by Gasteiger charge is 2.31. The Balaban J connectivity index is 2.46. The Morgan fingerprint density at radius 1 is 1.41 bits per heavy atom. The van der Waals surface area contributed by atoms with E-state index >= 15 is 0 Å². The van der Waals surface area contributed by atoms with Crippen molar-refractivity contribution in [3.8, 4) is 6.07 Å². The highest BCUT2D eigenvalue weighted by atomic mass is 32.1. The summed E-state index contributed by atoms with van der Waals surface area (Å²) in [5, 5.41) is 11.8. The third-order valence-corrected chi connectivity index (χ3v) is 3.57. The van der Waals surface area contributed by atoms with Crippen LogP contribution < -0.4 is 10.9 Å². The van der Waals surface area contributed by atoms with Gasteiger partial charge in [-0.1, -0.05) is 6.08 Å². The molecule has 1 heterocycles. The number of allylic oxidation sites excluding steroid dienone is 1. The molecular weight excluding hydrogens is 315 g/mol. The van der Waals surface area contributed by atoms with Crippen LogP contribution in [0.2, 0.25) is 0 Å². The molecule has 114 valence electrons. The molecule has 0 radical (unpaired) electrons. The largest absolute Gasteiger partial charge is 0.416 e. The lowest BCUT2D eigenvalue weighted by atomic mass is 10.1. The zero-order chi connectivity index (χ0) is 16.3. The van der Waals surface area contributed by atoms with Crippen LogP contribution in [0.1, 0.15) is 16.7 Å². The maximum atomic E-state index is 12.9. The summed E-state index contributed by atoms with van der Waals surface area (Å²) in [6.07, 6.45) is -2.72. The Morgan fingerprint density at radius 2 is 2.14 bits per heavy atom. The number of nitrogens with one attached hydrogen (secondary N) is 2. The molecule has 0 saturated carbocycles. The van der Waals surface area contributed by atoms with Gasteiger partial charge in [-0.25, -0.2) is 0 Å². The van der Waals surface area contributed by atoms with E-state index in [1.165, 1.54) is 12.1 Å².